The molecule has 0 saturated carbocycles. The van der Waals surface area contributed by atoms with Gasteiger partial charge in [-0.2, -0.15) is 5.26 Å². The molecule has 1 aromatic heterocycles. The number of nitriles is 1. The van der Waals surface area contributed by atoms with Crippen molar-refractivity contribution in [3.63, 3.8) is 0 Å². The minimum absolute atomic E-state index is 0.223. The number of hydrogen-bond donors (Lipinski definition) is 2. The molecule has 36 heavy (non-hydrogen) atoms. The Morgan fingerprint density at radius 1 is 1.06 bits per heavy atom. The molecule has 2 N–H and O–H groups in total. The van der Waals surface area contributed by atoms with Crippen LogP contribution in [0.2, 0.25) is 0 Å². The molecule has 6 heteroatoms. The molecule has 4 aromatic rings. The molecule has 0 unspecified atom stereocenters. The van der Waals surface area contributed by atoms with Gasteiger partial charge in [-0.05, 0) is 62.6 Å². The summed E-state index contributed by atoms with van der Waals surface area (Å²) in [5.41, 5.74) is 6.05. The van der Waals surface area contributed by atoms with Crippen molar-refractivity contribution < 1.29 is 9.53 Å². The summed E-state index contributed by atoms with van der Waals surface area (Å²) in [5.74, 6) is 0.830. The number of hydrogen-bond acceptors (Lipinski definition) is 4. The highest BCUT2D eigenvalue weighted by atomic mass is 16.5. The Labute approximate surface area is 213 Å². The fourth-order valence-electron chi connectivity index (χ4n) is 4.19. The first kappa shape index (κ1) is 26.4. The molecule has 1 amide bonds. The zero-order chi connectivity index (χ0) is 25.9. The number of anilines is 1. The lowest BCUT2D eigenvalue weighted by Gasteiger charge is -2.16. The molecule has 0 spiro atoms. The standard InChI is InChI=1S/C21H23N3O.C9H11NO/c1-5-25-17-10-11-18-19(13-22)21(24(14(2)3)20(18)12-17)15-6-8-16(23-4)9-7-15;11-8-10-7-6-9-4-2-1-3-5-9/h6-12,14,23H,5H2,1-4H3;1-5,8H,6-7H2,(H,10,11). The third kappa shape index (κ3) is 6.25. The molecule has 0 radical (unpaired) electrons. The minimum atomic E-state index is 0.223. The van der Waals surface area contributed by atoms with E-state index in [1.54, 1.807) is 0 Å². The van der Waals surface area contributed by atoms with Crippen LogP contribution < -0.4 is 15.4 Å². The molecule has 3 aromatic carbocycles. The summed E-state index contributed by atoms with van der Waals surface area (Å²) in [6.07, 6.45) is 1.63. The van der Waals surface area contributed by atoms with Gasteiger partial charge in [-0.15, -0.1) is 0 Å². The zero-order valence-electron chi connectivity index (χ0n) is 21.4. The Kier molecular flexibility index (Phi) is 9.53. The maximum Gasteiger partial charge on any atom is 0.207 e. The van der Waals surface area contributed by atoms with E-state index in [0.29, 0.717) is 18.7 Å². The lowest BCUT2D eigenvalue weighted by molar-refractivity contribution is -0.109. The number of benzene rings is 3. The third-order valence-corrected chi connectivity index (χ3v) is 5.85. The summed E-state index contributed by atoms with van der Waals surface area (Å²) < 4.78 is 7.89. The van der Waals surface area contributed by atoms with E-state index in [1.807, 2.05) is 74.6 Å². The second-order valence-electron chi connectivity index (χ2n) is 8.55. The lowest BCUT2D eigenvalue weighted by Crippen LogP contribution is -2.14. The smallest absolute Gasteiger partial charge is 0.207 e. The van der Waals surface area contributed by atoms with Gasteiger partial charge < -0.3 is 19.9 Å². The number of carbonyl (C=O) groups is 1. The second kappa shape index (κ2) is 13.0. The quantitative estimate of drug-likeness (QED) is 0.221. The van der Waals surface area contributed by atoms with Gasteiger partial charge in [-0.3, -0.25) is 4.79 Å². The summed E-state index contributed by atoms with van der Waals surface area (Å²) in [6.45, 7) is 7.59. The van der Waals surface area contributed by atoms with Crippen LogP contribution in [0.15, 0.2) is 72.8 Å². The highest BCUT2D eigenvalue weighted by Gasteiger charge is 2.20. The number of nitrogens with one attached hydrogen (secondary N) is 2. The first-order valence-electron chi connectivity index (χ1n) is 12.2. The van der Waals surface area contributed by atoms with Crippen LogP contribution in [0.3, 0.4) is 0 Å². The number of fused-ring (bicyclic) bond motifs is 1. The maximum absolute atomic E-state index is 9.88. The van der Waals surface area contributed by atoms with Crippen molar-refractivity contribution in [2.45, 2.75) is 33.2 Å². The van der Waals surface area contributed by atoms with Gasteiger partial charge in [0.2, 0.25) is 6.41 Å². The van der Waals surface area contributed by atoms with E-state index in [9.17, 15) is 10.1 Å². The molecule has 0 atom stereocenters. The van der Waals surface area contributed by atoms with Crippen molar-refractivity contribution in [3.05, 3.63) is 83.9 Å². The van der Waals surface area contributed by atoms with Crippen LogP contribution in [0.1, 0.15) is 37.9 Å². The second-order valence-corrected chi connectivity index (χ2v) is 8.55. The molecule has 0 saturated heterocycles. The Morgan fingerprint density at radius 3 is 2.36 bits per heavy atom. The summed E-state index contributed by atoms with van der Waals surface area (Å²) in [7, 11) is 1.90. The Hall–Kier alpha value is -4.24. The molecule has 0 bridgehead atoms. The van der Waals surface area contributed by atoms with E-state index in [-0.39, 0.29) is 6.04 Å². The van der Waals surface area contributed by atoms with Gasteiger partial charge >= 0.3 is 0 Å². The molecule has 1 heterocycles. The predicted molar refractivity (Wildman–Crippen MR) is 147 cm³/mol. The van der Waals surface area contributed by atoms with Gasteiger partial charge in [-0.25, -0.2) is 0 Å². The van der Waals surface area contributed by atoms with Gasteiger partial charge in [0.25, 0.3) is 0 Å². The summed E-state index contributed by atoms with van der Waals surface area (Å²) in [4.78, 5) is 9.88. The van der Waals surface area contributed by atoms with Crippen LogP contribution in [-0.2, 0) is 11.2 Å². The molecule has 0 aliphatic heterocycles. The fraction of sp³-hybridized carbons (Fsp3) is 0.267. The van der Waals surface area contributed by atoms with Crippen LogP contribution in [0, 0.1) is 11.3 Å². The molecule has 4 rings (SSSR count). The topological polar surface area (TPSA) is 79.1 Å². The monoisotopic (exact) mass is 482 g/mol. The van der Waals surface area contributed by atoms with Crippen molar-refractivity contribution in [3.8, 4) is 23.1 Å². The third-order valence-electron chi connectivity index (χ3n) is 5.85. The van der Waals surface area contributed by atoms with Gasteiger partial charge in [0.15, 0.2) is 0 Å². The number of carbonyl (C=O) groups excluding carboxylic acids is 1. The first-order valence-corrected chi connectivity index (χ1v) is 12.2. The number of amides is 1. The summed E-state index contributed by atoms with van der Waals surface area (Å²) in [6, 6.07) is 26.8. The van der Waals surface area contributed by atoms with Crippen LogP contribution in [-0.4, -0.2) is 31.2 Å². The number of aromatic nitrogens is 1. The highest BCUT2D eigenvalue weighted by Crippen LogP contribution is 2.37. The highest BCUT2D eigenvalue weighted by molar-refractivity contribution is 5.95. The Bertz CT molecular complexity index is 1300. The van der Waals surface area contributed by atoms with Gasteiger partial charge in [0.05, 0.1) is 23.4 Å². The minimum Gasteiger partial charge on any atom is -0.494 e. The van der Waals surface area contributed by atoms with Gasteiger partial charge in [0, 0.05) is 36.8 Å². The Balaban J connectivity index is 0.000000275. The number of rotatable bonds is 9. The summed E-state index contributed by atoms with van der Waals surface area (Å²) in [5, 5.41) is 16.6. The van der Waals surface area contributed by atoms with E-state index in [0.717, 1.165) is 46.4 Å². The SMILES string of the molecule is CCOc1ccc2c(C#N)c(-c3ccc(NC)cc3)n(C(C)C)c2c1.O=CNCCc1ccccc1. The largest absolute Gasteiger partial charge is 0.494 e. The molecule has 0 aliphatic carbocycles. The van der Waals surface area contributed by atoms with Crippen LogP contribution >= 0.6 is 0 Å². The van der Waals surface area contributed by atoms with E-state index < -0.39 is 0 Å². The van der Waals surface area contributed by atoms with Crippen molar-refractivity contribution >= 4 is 23.0 Å². The molecule has 186 valence electrons. The van der Waals surface area contributed by atoms with Crippen LogP contribution in [0.25, 0.3) is 22.2 Å². The van der Waals surface area contributed by atoms with Crippen LogP contribution in [0.4, 0.5) is 5.69 Å². The van der Waals surface area contributed by atoms with Crippen molar-refractivity contribution in [2.75, 3.05) is 25.5 Å². The lowest BCUT2D eigenvalue weighted by atomic mass is 10.1. The summed E-state index contributed by atoms with van der Waals surface area (Å²) >= 11 is 0. The molecule has 0 fully saturated rings. The van der Waals surface area contributed by atoms with Crippen molar-refractivity contribution in [2.24, 2.45) is 0 Å². The van der Waals surface area contributed by atoms with Gasteiger partial charge in [0.1, 0.15) is 11.8 Å². The zero-order valence-corrected chi connectivity index (χ0v) is 21.4. The van der Waals surface area contributed by atoms with Crippen molar-refractivity contribution in [1.29, 1.82) is 5.26 Å². The van der Waals surface area contributed by atoms with Crippen molar-refractivity contribution in [1.82, 2.24) is 9.88 Å². The molecule has 6 nitrogen and oxygen atoms in total. The van der Waals surface area contributed by atoms with E-state index in [4.69, 9.17) is 4.74 Å². The van der Waals surface area contributed by atoms with Gasteiger partial charge in [-0.1, -0.05) is 42.5 Å². The average Bonchev–Trinajstić information content (AvgIpc) is 3.24. The number of ether oxygens (including phenoxy) is 1. The van der Waals surface area contributed by atoms with E-state index >= 15 is 0 Å². The van der Waals surface area contributed by atoms with Crippen LogP contribution in [0.5, 0.6) is 5.75 Å². The molecule has 0 aliphatic rings. The Morgan fingerprint density at radius 2 is 1.78 bits per heavy atom. The average molecular weight is 483 g/mol. The molecular formula is C30H34N4O2. The fourth-order valence-corrected chi connectivity index (χ4v) is 4.19. The molecular weight excluding hydrogens is 448 g/mol. The van der Waals surface area contributed by atoms with E-state index in [1.165, 1.54) is 5.56 Å². The normalized spacial score (nSPS) is 10.3. The number of nitrogens with zero attached hydrogens (tertiary/aromatic N) is 2. The first-order chi connectivity index (χ1) is 17.5. The van der Waals surface area contributed by atoms with E-state index in [2.05, 4.69) is 47.3 Å². The predicted octanol–water partition coefficient (Wildman–Crippen LogP) is 6.18. The maximum atomic E-state index is 9.88.